The lowest BCUT2D eigenvalue weighted by Crippen LogP contribution is -2.34. The Labute approximate surface area is 194 Å². The number of carbonyl (C=O) groups is 1. The van der Waals surface area contributed by atoms with Gasteiger partial charge in [0.1, 0.15) is 5.52 Å². The molecule has 0 atom stereocenters. The Morgan fingerprint density at radius 3 is 2.50 bits per heavy atom. The minimum atomic E-state index is -3.58. The normalized spacial score (nSPS) is 11.9. The maximum absolute atomic E-state index is 13.4. The number of carbonyl (C=O) groups excluding carboxylic acids is 1. The van der Waals surface area contributed by atoms with Crippen LogP contribution in [0.3, 0.4) is 0 Å². The van der Waals surface area contributed by atoms with Gasteiger partial charge in [-0.1, -0.05) is 29.0 Å². The van der Waals surface area contributed by atoms with Crippen molar-refractivity contribution in [3.8, 4) is 0 Å². The van der Waals surface area contributed by atoms with Crippen LogP contribution in [0.25, 0.3) is 10.2 Å². The third-order valence-electron chi connectivity index (χ3n) is 4.83. The third-order valence-corrected chi connectivity index (χ3v) is 8.00. The number of rotatable bonds is 7. The van der Waals surface area contributed by atoms with E-state index in [4.69, 9.17) is 11.6 Å². The van der Waals surface area contributed by atoms with Gasteiger partial charge in [0, 0.05) is 38.6 Å². The van der Waals surface area contributed by atoms with E-state index in [1.165, 1.54) is 49.7 Å². The maximum Gasteiger partial charge on any atom is 0.260 e. The van der Waals surface area contributed by atoms with Crippen LogP contribution in [0.2, 0.25) is 5.02 Å². The average molecular weight is 490 g/mol. The molecular weight excluding hydrogens is 470 g/mol. The van der Waals surface area contributed by atoms with Gasteiger partial charge < -0.3 is 0 Å². The Morgan fingerprint density at radius 2 is 1.88 bits per heavy atom. The molecule has 0 N–H and O–H groups in total. The van der Waals surface area contributed by atoms with Gasteiger partial charge in [-0.05, 0) is 42.5 Å². The van der Waals surface area contributed by atoms with E-state index >= 15 is 0 Å². The molecule has 4 rings (SSSR count). The van der Waals surface area contributed by atoms with Crippen molar-refractivity contribution in [3.63, 3.8) is 0 Å². The fourth-order valence-corrected chi connectivity index (χ4v) is 5.27. The predicted octanol–water partition coefficient (Wildman–Crippen LogP) is 3.74. The van der Waals surface area contributed by atoms with E-state index in [0.717, 1.165) is 9.01 Å². The SMILES string of the molecule is CN(C)S(=O)(=O)c1ccc(C(=O)N(CCn2cccn2)c2nc3c(Cl)cccc3s2)cc1. The lowest BCUT2D eigenvalue weighted by Gasteiger charge is -2.20. The van der Waals surface area contributed by atoms with Crippen molar-refractivity contribution in [2.45, 2.75) is 11.4 Å². The number of fused-ring (bicyclic) bond motifs is 1. The molecule has 0 aliphatic carbocycles. The van der Waals surface area contributed by atoms with Gasteiger partial charge in [0.05, 0.1) is 21.2 Å². The molecule has 0 saturated heterocycles. The van der Waals surface area contributed by atoms with Gasteiger partial charge in [-0.3, -0.25) is 14.4 Å². The van der Waals surface area contributed by atoms with Crippen molar-refractivity contribution in [1.29, 1.82) is 0 Å². The molecule has 2 heterocycles. The first-order valence-corrected chi connectivity index (χ1v) is 12.3. The van der Waals surface area contributed by atoms with E-state index in [2.05, 4.69) is 10.1 Å². The molecule has 2 aromatic carbocycles. The summed E-state index contributed by atoms with van der Waals surface area (Å²) in [5, 5.41) is 5.22. The molecule has 1 amide bonds. The molecule has 0 aliphatic heterocycles. The van der Waals surface area contributed by atoms with Crippen LogP contribution in [-0.2, 0) is 16.6 Å². The van der Waals surface area contributed by atoms with E-state index in [1.54, 1.807) is 21.8 Å². The molecule has 0 fully saturated rings. The number of hydrogen-bond acceptors (Lipinski definition) is 6. The monoisotopic (exact) mass is 489 g/mol. The fourth-order valence-electron chi connectivity index (χ4n) is 3.07. The third kappa shape index (κ3) is 4.40. The van der Waals surface area contributed by atoms with E-state index < -0.39 is 10.0 Å². The minimum Gasteiger partial charge on any atom is -0.282 e. The minimum absolute atomic E-state index is 0.119. The molecule has 0 radical (unpaired) electrons. The van der Waals surface area contributed by atoms with Gasteiger partial charge >= 0.3 is 0 Å². The maximum atomic E-state index is 13.4. The number of benzene rings is 2. The second-order valence-electron chi connectivity index (χ2n) is 7.12. The Balaban J connectivity index is 1.68. The number of halogens is 1. The molecule has 11 heteroatoms. The topological polar surface area (TPSA) is 88.4 Å². The molecule has 166 valence electrons. The van der Waals surface area contributed by atoms with Gasteiger partial charge in [0.15, 0.2) is 5.13 Å². The standard InChI is InChI=1S/C21H20ClN5O3S2/c1-25(2)32(29,30)16-9-7-15(8-10-16)20(28)27(14-13-26-12-4-11-23-26)21-24-19-17(22)5-3-6-18(19)31-21/h3-12H,13-14H2,1-2H3. The summed E-state index contributed by atoms with van der Waals surface area (Å²) >= 11 is 7.65. The van der Waals surface area contributed by atoms with E-state index in [-0.39, 0.29) is 10.8 Å². The van der Waals surface area contributed by atoms with Crippen LogP contribution in [0.4, 0.5) is 5.13 Å². The second-order valence-corrected chi connectivity index (χ2v) is 10.7. The van der Waals surface area contributed by atoms with Crippen molar-refractivity contribution < 1.29 is 13.2 Å². The largest absolute Gasteiger partial charge is 0.282 e. The molecule has 32 heavy (non-hydrogen) atoms. The zero-order valence-electron chi connectivity index (χ0n) is 17.3. The van der Waals surface area contributed by atoms with Gasteiger partial charge in [-0.2, -0.15) is 5.10 Å². The highest BCUT2D eigenvalue weighted by molar-refractivity contribution is 7.89. The van der Waals surface area contributed by atoms with Gasteiger partial charge in [-0.15, -0.1) is 0 Å². The van der Waals surface area contributed by atoms with Crippen molar-refractivity contribution in [3.05, 3.63) is 71.5 Å². The van der Waals surface area contributed by atoms with E-state index in [1.807, 2.05) is 24.4 Å². The number of sulfonamides is 1. The highest BCUT2D eigenvalue weighted by Gasteiger charge is 2.23. The summed E-state index contributed by atoms with van der Waals surface area (Å²) in [7, 11) is -0.658. The smallest absolute Gasteiger partial charge is 0.260 e. The molecule has 0 saturated carbocycles. The zero-order valence-corrected chi connectivity index (χ0v) is 19.7. The first-order valence-electron chi connectivity index (χ1n) is 9.64. The summed E-state index contributed by atoms with van der Waals surface area (Å²) in [6.07, 6.45) is 3.49. The summed E-state index contributed by atoms with van der Waals surface area (Å²) < 4.78 is 28.4. The number of nitrogens with zero attached hydrogens (tertiary/aromatic N) is 5. The fraction of sp³-hybridized carbons (Fsp3) is 0.190. The molecule has 0 spiro atoms. The molecule has 0 aliphatic rings. The van der Waals surface area contributed by atoms with Crippen LogP contribution in [0.15, 0.2) is 65.8 Å². The molecule has 8 nitrogen and oxygen atoms in total. The Kier molecular flexibility index (Phi) is 6.29. The molecule has 4 aromatic rings. The van der Waals surface area contributed by atoms with Gasteiger partial charge in [0.25, 0.3) is 5.91 Å². The predicted molar refractivity (Wildman–Crippen MR) is 126 cm³/mol. The Morgan fingerprint density at radius 1 is 1.12 bits per heavy atom. The van der Waals surface area contributed by atoms with Crippen molar-refractivity contribution in [1.82, 2.24) is 19.1 Å². The van der Waals surface area contributed by atoms with Crippen LogP contribution in [0.5, 0.6) is 0 Å². The Hall–Kier alpha value is -2.79. The van der Waals surface area contributed by atoms with Crippen LogP contribution in [0.1, 0.15) is 10.4 Å². The van der Waals surface area contributed by atoms with Gasteiger partial charge in [-0.25, -0.2) is 17.7 Å². The van der Waals surface area contributed by atoms with E-state index in [0.29, 0.717) is 34.3 Å². The van der Waals surface area contributed by atoms with Crippen LogP contribution < -0.4 is 4.90 Å². The first-order chi connectivity index (χ1) is 15.3. The number of para-hydroxylation sites is 1. The summed E-state index contributed by atoms with van der Waals surface area (Å²) in [6.45, 7) is 0.797. The zero-order chi connectivity index (χ0) is 22.9. The van der Waals surface area contributed by atoms with E-state index in [9.17, 15) is 13.2 Å². The quantitative estimate of drug-likeness (QED) is 0.394. The molecule has 2 aromatic heterocycles. The van der Waals surface area contributed by atoms with Crippen molar-refractivity contribution in [2.24, 2.45) is 0 Å². The van der Waals surface area contributed by atoms with Crippen LogP contribution >= 0.6 is 22.9 Å². The lowest BCUT2D eigenvalue weighted by atomic mass is 10.2. The summed E-state index contributed by atoms with van der Waals surface area (Å²) in [5.41, 5.74) is 0.993. The van der Waals surface area contributed by atoms with Gasteiger partial charge in [0.2, 0.25) is 10.0 Å². The highest BCUT2D eigenvalue weighted by Crippen LogP contribution is 2.33. The summed E-state index contributed by atoms with van der Waals surface area (Å²) in [6, 6.07) is 13.2. The first kappa shape index (κ1) is 22.4. The highest BCUT2D eigenvalue weighted by atomic mass is 35.5. The molecular formula is C21H20ClN5O3S2. The van der Waals surface area contributed by atoms with Crippen molar-refractivity contribution in [2.75, 3.05) is 25.5 Å². The number of thiazole rings is 1. The number of hydrogen-bond donors (Lipinski definition) is 0. The molecule has 0 bridgehead atoms. The summed E-state index contributed by atoms with van der Waals surface area (Å²) in [5.74, 6) is -0.291. The van der Waals surface area contributed by atoms with Crippen LogP contribution in [0, 0.1) is 0 Å². The number of amides is 1. The second kappa shape index (κ2) is 8.99. The summed E-state index contributed by atoms with van der Waals surface area (Å²) in [4.78, 5) is 19.7. The lowest BCUT2D eigenvalue weighted by molar-refractivity contribution is 0.0985. The number of aromatic nitrogens is 3. The number of anilines is 1. The molecule has 0 unspecified atom stereocenters. The van der Waals surface area contributed by atoms with Crippen LogP contribution in [-0.4, -0.2) is 54.0 Å². The average Bonchev–Trinajstić information content (AvgIpc) is 3.44. The van der Waals surface area contributed by atoms with Crippen molar-refractivity contribution >= 4 is 54.2 Å². The Bertz CT molecular complexity index is 1350.